The minimum absolute atomic E-state index is 0.177. The number of nitrogens with zero attached hydrogens (tertiary/aromatic N) is 1. The Hall–Kier alpha value is -1.85. The van der Waals surface area contributed by atoms with E-state index in [2.05, 4.69) is 4.74 Å². The standard InChI is InChI=1S/C11H14F2N2O2/c1-15(2)9-4-3-7(14)5-8(9)11(16)17-6-10(12)13/h3-5,10H,6,14H2,1-2H3. The number of nitrogen functional groups attached to an aromatic ring is 1. The van der Waals surface area contributed by atoms with Gasteiger partial charge in [-0.15, -0.1) is 0 Å². The number of hydrogen-bond donors (Lipinski definition) is 1. The van der Waals surface area contributed by atoms with Gasteiger partial charge in [-0.1, -0.05) is 0 Å². The molecule has 0 saturated carbocycles. The van der Waals surface area contributed by atoms with Crippen LogP contribution >= 0.6 is 0 Å². The second kappa shape index (κ2) is 5.47. The number of hydrogen-bond acceptors (Lipinski definition) is 4. The topological polar surface area (TPSA) is 55.6 Å². The van der Waals surface area contributed by atoms with Gasteiger partial charge in [0.25, 0.3) is 6.43 Å². The second-order valence-electron chi connectivity index (χ2n) is 3.66. The lowest BCUT2D eigenvalue weighted by Crippen LogP contribution is -2.17. The summed E-state index contributed by atoms with van der Waals surface area (Å²) >= 11 is 0. The van der Waals surface area contributed by atoms with Crippen molar-refractivity contribution in [1.29, 1.82) is 0 Å². The SMILES string of the molecule is CN(C)c1ccc(N)cc1C(=O)OCC(F)F. The van der Waals surface area contributed by atoms with Crippen molar-refractivity contribution in [2.75, 3.05) is 31.3 Å². The van der Waals surface area contributed by atoms with E-state index in [0.717, 1.165) is 0 Å². The van der Waals surface area contributed by atoms with Crippen LogP contribution in [0.5, 0.6) is 0 Å². The molecule has 0 atom stereocenters. The van der Waals surface area contributed by atoms with Gasteiger partial charge >= 0.3 is 5.97 Å². The molecule has 94 valence electrons. The van der Waals surface area contributed by atoms with E-state index in [1.54, 1.807) is 31.1 Å². The number of benzene rings is 1. The Morgan fingerprint density at radius 1 is 1.47 bits per heavy atom. The lowest BCUT2D eigenvalue weighted by molar-refractivity contribution is 0.0160. The van der Waals surface area contributed by atoms with Crippen LogP contribution < -0.4 is 10.6 Å². The van der Waals surface area contributed by atoms with E-state index in [-0.39, 0.29) is 5.56 Å². The maximum Gasteiger partial charge on any atom is 0.340 e. The van der Waals surface area contributed by atoms with Crippen LogP contribution in [-0.4, -0.2) is 33.1 Å². The van der Waals surface area contributed by atoms with Gasteiger partial charge in [-0.2, -0.15) is 0 Å². The molecule has 4 nitrogen and oxygen atoms in total. The monoisotopic (exact) mass is 244 g/mol. The molecule has 2 N–H and O–H groups in total. The molecular weight excluding hydrogens is 230 g/mol. The molecule has 0 bridgehead atoms. The highest BCUT2D eigenvalue weighted by Crippen LogP contribution is 2.22. The summed E-state index contributed by atoms with van der Waals surface area (Å²) in [6.45, 7) is -0.916. The van der Waals surface area contributed by atoms with Crippen LogP contribution in [-0.2, 0) is 4.74 Å². The Kier molecular flexibility index (Phi) is 4.25. The van der Waals surface area contributed by atoms with Crippen LogP contribution in [0.3, 0.4) is 0 Å². The second-order valence-corrected chi connectivity index (χ2v) is 3.66. The zero-order chi connectivity index (χ0) is 13.0. The van der Waals surface area contributed by atoms with E-state index in [1.165, 1.54) is 6.07 Å². The van der Waals surface area contributed by atoms with Gasteiger partial charge in [0.05, 0.1) is 11.3 Å². The number of halogens is 2. The molecule has 0 amide bonds. The first-order valence-electron chi connectivity index (χ1n) is 4.94. The molecule has 0 spiro atoms. The summed E-state index contributed by atoms with van der Waals surface area (Å²) in [4.78, 5) is 13.3. The lowest BCUT2D eigenvalue weighted by Gasteiger charge is -2.17. The Morgan fingerprint density at radius 2 is 2.12 bits per heavy atom. The first-order chi connectivity index (χ1) is 7.91. The average molecular weight is 244 g/mol. The number of carbonyl (C=O) groups excluding carboxylic acids is 1. The summed E-state index contributed by atoms with van der Waals surface area (Å²) in [7, 11) is 3.46. The number of rotatable bonds is 4. The fraction of sp³-hybridized carbons (Fsp3) is 0.364. The number of ether oxygens (including phenoxy) is 1. The van der Waals surface area contributed by atoms with Crippen LogP contribution in [0.15, 0.2) is 18.2 Å². The zero-order valence-corrected chi connectivity index (χ0v) is 9.61. The highest BCUT2D eigenvalue weighted by Gasteiger charge is 2.16. The third-order valence-electron chi connectivity index (χ3n) is 2.06. The largest absolute Gasteiger partial charge is 0.456 e. The van der Waals surface area contributed by atoms with E-state index in [1.807, 2.05) is 0 Å². The molecule has 0 aromatic heterocycles. The maximum absolute atomic E-state index is 11.9. The molecule has 0 aliphatic heterocycles. The number of esters is 1. The number of alkyl halides is 2. The van der Waals surface area contributed by atoms with Gasteiger partial charge in [-0.3, -0.25) is 0 Å². The van der Waals surface area contributed by atoms with Gasteiger partial charge in [-0.05, 0) is 18.2 Å². The summed E-state index contributed by atoms with van der Waals surface area (Å²) in [5, 5.41) is 0. The quantitative estimate of drug-likeness (QED) is 0.647. The molecule has 0 heterocycles. The average Bonchev–Trinajstić information content (AvgIpc) is 2.25. The van der Waals surface area contributed by atoms with Crippen molar-refractivity contribution in [3.8, 4) is 0 Å². The Labute approximate surface area is 98.0 Å². The third kappa shape index (κ3) is 3.58. The summed E-state index contributed by atoms with van der Waals surface area (Å²) in [5.41, 5.74) is 6.67. The molecule has 0 unspecified atom stereocenters. The third-order valence-corrected chi connectivity index (χ3v) is 2.06. The predicted molar refractivity (Wildman–Crippen MR) is 61.5 cm³/mol. The van der Waals surface area contributed by atoms with Crippen molar-refractivity contribution in [3.05, 3.63) is 23.8 Å². The zero-order valence-electron chi connectivity index (χ0n) is 9.61. The van der Waals surface area contributed by atoms with Crippen molar-refractivity contribution in [2.24, 2.45) is 0 Å². The predicted octanol–water partition coefficient (Wildman–Crippen LogP) is 1.76. The van der Waals surface area contributed by atoms with Crippen LogP contribution in [0, 0.1) is 0 Å². The first-order valence-corrected chi connectivity index (χ1v) is 4.94. The highest BCUT2D eigenvalue weighted by atomic mass is 19.3. The first kappa shape index (κ1) is 13.2. The molecule has 17 heavy (non-hydrogen) atoms. The summed E-state index contributed by atoms with van der Waals surface area (Å²) in [5.74, 6) is -0.804. The van der Waals surface area contributed by atoms with Crippen molar-refractivity contribution in [2.45, 2.75) is 6.43 Å². The summed E-state index contributed by atoms with van der Waals surface area (Å²) < 4.78 is 28.3. The fourth-order valence-corrected chi connectivity index (χ4v) is 1.32. The minimum atomic E-state index is -2.68. The minimum Gasteiger partial charge on any atom is -0.456 e. The van der Waals surface area contributed by atoms with Gasteiger partial charge in [0, 0.05) is 19.8 Å². The summed E-state index contributed by atoms with van der Waals surface area (Å²) in [6, 6.07) is 4.66. The van der Waals surface area contributed by atoms with Gasteiger partial charge in [0.15, 0.2) is 6.61 Å². The molecule has 1 rings (SSSR count). The molecule has 0 aliphatic carbocycles. The Bertz CT molecular complexity index is 408. The molecule has 0 radical (unpaired) electrons. The molecule has 0 fully saturated rings. The van der Waals surface area contributed by atoms with Crippen molar-refractivity contribution in [1.82, 2.24) is 0 Å². The van der Waals surface area contributed by atoms with Crippen LogP contribution in [0.2, 0.25) is 0 Å². The van der Waals surface area contributed by atoms with E-state index >= 15 is 0 Å². The van der Waals surface area contributed by atoms with E-state index in [9.17, 15) is 13.6 Å². The smallest absolute Gasteiger partial charge is 0.340 e. The maximum atomic E-state index is 11.9. The lowest BCUT2D eigenvalue weighted by atomic mass is 10.1. The Balaban J connectivity index is 2.94. The van der Waals surface area contributed by atoms with Gasteiger partial charge < -0.3 is 15.4 Å². The van der Waals surface area contributed by atoms with Crippen LogP contribution in [0.1, 0.15) is 10.4 Å². The van der Waals surface area contributed by atoms with Crippen molar-refractivity contribution in [3.63, 3.8) is 0 Å². The van der Waals surface area contributed by atoms with Gasteiger partial charge in [0.2, 0.25) is 0 Å². The molecule has 6 heteroatoms. The normalized spacial score (nSPS) is 10.4. The number of anilines is 2. The Morgan fingerprint density at radius 3 is 2.65 bits per heavy atom. The van der Waals surface area contributed by atoms with Gasteiger partial charge in [0.1, 0.15) is 0 Å². The van der Waals surface area contributed by atoms with Gasteiger partial charge in [-0.25, -0.2) is 13.6 Å². The molecule has 0 saturated heterocycles. The van der Waals surface area contributed by atoms with Crippen molar-refractivity contribution >= 4 is 17.3 Å². The molecule has 1 aromatic carbocycles. The highest BCUT2D eigenvalue weighted by molar-refractivity contribution is 5.96. The van der Waals surface area contributed by atoms with E-state index in [4.69, 9.17) is 5.73 Å². The van der Waals surface area contributed by atoms with Crippen molar-refractivity contribution < 1.29 is 18.3 Å². The fourth-order valence-electron chi connectivity index (χ4n) is 1.32. The van der Waals surface area contributed by atoms with E-state index < -0.39 is 19.0 Å². The van der Waals surface area contributed by atoms with Crippen LogP contribution in [0.25, 0.3) is 0 Å². The molecule has 0 aliphatic rings. The van der Waals surface area contributed by atoms with E-state index in [0.29, 0.717) is 11.4 Å². The number of nitrogens with two attached hydrogens (primary N) is 1. The van der Waals surface area contributed by atoms with Crippen LogP contribution in [0.4, 0.5) is 20.2 Å². The molecule has 1 aromatic rings. The molecular formula is C11H14F2N2O2. The summed E-state index contributed by atoms with van der Waals surface area (Å²) in [6.07, 6.45) is -2.68. The number of carbonyl (C=O) groups is 1.